The van der Waals surface area contributed by atoms with Gasteiger partial charge in [-0.1, -0.05) is 36.7 Å². The SMILES string of the molecule is CCCN1C(=O)[C@@H](Cc2cccnc2)NC(=O)C12CCN(Cc1ccc(Cl)cc1)CC2. The van der Waals surface area contributed by atoms with Crippen molar-refractivity contribution < 1.29 is 9.59 Å². The van der Waals surface area contributed by atoms with Crippen molar-refractivity contribution in [2.75, 3.05) is 19.6 Å². The number of piperidine rings is 1. The minimum absolute atomic E-state index is 0.0133. The molecule has 2 aliphatic heterocycles. The first kappa shape index (κ1) is 21.8. The minimum Gasteiger partial charge on any atom is -0.342 e. The van der Waals surface area contributed by atoms with Gasteiger partial charge in [0.25, 0.3) is 0 Å². The molecule has 1 aromatic heterocycles. The molecule has 2 saturated heterocycles. The second-order valence-electron chi connectivity index (χ2n) is 8.52. The number of hydrogen-bond donors (Lipinski definition) is 1. The molecule has 4 rings (SSSR count). The summed E-state index contributed by atoms with van der Waals surface area (Å²) in [5.74, 6) is 0.0111. The molecule has 0 saturated carbocycles. The molecule has 0 unspecified atom stereocenters. The standard InChI is InChI=1S/C24H29ClN4O2/c1-2-12-29-22(30)21(15-19-4-3-11-26-16-19)27-23(31)24(29)9-13-28(14-10-24)17-18-5-7-20(25)8-6-18/h3-8,11,16,21H,2,9-10,12-15,17H2,1H3,(H,27,31)/t21-/m1/s1. The fraction of sp³-hybridized carbons (Fsp3) is 0.458. The van der Waals surface area contributed by atoms with Crippen molar-refractivity contribution in [3.63, 3.8) is 0 Å². The molecule has 164 valence electrons. The number of piperazine rings is 1. The number of halogens is 1. The van der Waals surface area contributed by atoms with Crippen LogP contribution in [0.4, 0.5) is 0 Å². The Morgan fingerprint density at radius 1 is 1.13 bits per heavy atom. The van der Waals surface area contributed by atoms with Crippen LogP contribution in [-0.4, -0.2) is 57.8 Å². The molecule has 6 nitrogen and oxygen atoms in total. The molecule has 3 heterocycles. The van der Waals surface area contributed by atoms with Crippen LogP contribution in [0.5, 0.6) is 0 Å². The molecule has 2 amide bonds. The maximum atomic E-state index is 13.4. The lowest BCUT2D eigenvalue weighted by atomic mass is 9.81. The zero-order chi connectivity index (χ0) is 21.8. The van der Waals surface area contributed by atoms with Gasteiger partial charge in [-0.3, -0.25) is 19.5 Å². The highest BCUT2D eigenvalue weighted by molar-refractivity contribution is 6.30. The van der Waals surface area contributed by atoms with Crippen LogP contribution in [-0.2, 0) is 22.6 Å². The zero-order valence-corrected chi connectivity index (χ0v) is 18.6. The normalized spacial score (nSPS) is 21.4. The van der Waals surface area contributed by atoms with E-state index in [0.29, 0.717) is 25.8 Å². The summed E-state index contributed by atoms with van der Waals surface area (Å²) in [5.41, 5.74) is 1.41. The number of likely N-dealkylation sites (tertiary alicyclic amines) is 1. The van der Waals surface area contributed by atoms with Crippen LogP contribution in [0.25, 0.3) is 0 Å². The third-order valence-corrected chi connectivity index (χ3v) is 6.67. The lowest BCUT2D eigenvalue weighted by Crippen LogP contribution is -2.73. The van der Waals surface area contributed by atoms with E-state index >= 15 is 0 Å². The van der Waals surface area contributed by atoms with Gasteiger partial charge in [0.2, 0.25) is 11.8 Å². The van der Waals surface area contributed by atoms with Crippen molar-refractivity contribution in [3.8, 4) is 0 Å². The highest BCUT2D eigenvalue weighted by Crippen LogP contribution is 2.34. The Morgan fingerprint density at radius 3 is 2.52 bits per heavy atom. The first-order chi connectivity index (χ1) is 15.0. The van der Waals surface area contributed by atoms with E-state index in [4.69, 9.17) is 11.6 Å². The zero-order valence-electron chi connectivity index (χ0n) is 17.9. The molecule has 0 radical (unpaired) electrons. The molecule has 2 fully saturated rings. The number of aromatic nitrogens is 1. The average molecular weight is 441 g/mol. The predicted octanol–water partition coefficient (Wildman–Crippen LogP) is 3.05. The molecule has 31 heavy (non-hydrogen) atoms. The van der Waals surface area contributed by atoms with Crippen molar-refractivity contribution in [2.45, 2.75) is 50.7 Å². The van der Waals surface area contributed by atoms with E-state index in [1.165, 1.54) is 5.56 Å². The highest BCUT2D eigenvalue weighted by Gasteiger charge is 2.53. The van der Waals surface area contributed by atoms with E-state index < -0.39 is 11.6 Å². The number of nitrogens with one attached hydrogen (secondary N) is 1. The molecule has 7 heteroatoms. The van der Waals surface area contributed by atoms with E-state index in [1.807, 2.05) is 41.3 Å². The second kappa shape index (κ2) is 9.37. The van der Waals surface area contributed by atoms with Crippen molar-refractivity contribution >= 4 is 23.4 Å². The fourth-order valence-electron chi connectivity index (χ4n) is 4.74. The van der Waals surface area contributed by atoms with Gasteiger partial charge < -0.3 is 10.2 Å². The maximum Gasteiger partial charge on any atom is 0.246 e. The summed E-state index contributed by atoms with van der Waals surface area (Å²) in [6, 6.07) is 11.1. The number of carbonyl (C=O) groups excluding carboxylic acids is 2. The maximum absolute atomic E-state index is 13.4. The molecule has 2 aromatic rings. The van der Waals surface area contributed by atoms with Gasteiger partial charge in [-0.05, 0) is 48.6 Å². The van der Waals surface area contributed by atoms with Crippen molar-refractivity contribution in [3.05, 3.63) is 64.9 Å². The predicted molar refractivity (Wildman–Crippen MR) is 121 cm³/mol. The molecular weight excluding hydrogens is 412 g/mol. The monoisotopic (exact) mass is 440 g/mol. The van der Waals surface area contributed by atoms with Crippen LogP contribution < -0.4 is 5.32 Å². The third-order valence-electron chi connectivity index (χ3n) is 6.42. The van der Waals surface area contributed by atoms with Gasteiger partial charge in [-0.15, -0.1) is 0 Å². The van der Waals surface area contributed by atoms with Crippen LogP contribution >= 0.6 is 11.6 Å². The summed E-state index contributed by atoms with van der Waals surface area (Å²) in [5, 5.41) is 3.77. The van der Waals surface area contributed by atoms with Crippen molar-refractivity contribution in [1.82, 2.24) is 20.1 Å². The first-order valence-electron chi connectivity index (χ1n) is 11.0. The van der Waals surface area contributed by atoms with Crippen molar-refractivity contribution in [2.24, 2.45) is 0 Å². The largest absolute Gasteiger partial charge is 0.342 e. The first-order valence-corrected chi connectivity index (χ1v) is 11.4. The number of amides is 2. The molecule has 2 aliphatic rings. The Kier molecular flexibility index (Phi) is 6.58. The lowest BCUT2D eigenvalue weighted by Gasteiger charge is -2.51. The van der Waals surface area contributed by atoms with Gasteiger partial charge in [0.05, 0.1) is 0 Å². The minimum atomic E-state index is -0.741. The van der Waals surface area contributed by atoms with Crippen LogP contribution in [0.2, 0.25) is 5.02 Å². The van der Waals surface area contributed by atoms with Gasteiger partial charge in [0.15, 0.2) is 0 Å². The van der Waals surface area contributed by atoms with Crippen LogP contribution in [0.3, 0.4) is 0 Å². The molecule has 1 aromatic carbocycles. The molecule has 1 N–H and O–H groups in total. The number of rotatable bonds is 6. The molecule has 0 aliphatic carbocycles. The lowest BCUT2D eigenvalue weighted by molar-refractivity contribution is -0.161. The second-order valence-corrected chi connectivity index (χ2v) is 8.95. The quantitative estimate of drug-likeness (QED) is 0.749. The van der Waals surface area contributed by atoms with Gasteiger partial charge in [0.1, 0.15) is 11.6 Å². The number of pyridine rings is 1. The average Bonchev–Trinajstić information content (AvgIpc) is 2.79. The van der Waals surface area contributed by atoms with Crippen LogP contribution in [0.15, 0.2) is 48.8 Å². The Labute approximate surface area is 188 Å². The Morgan fingerprint density at radius 2 is 1.87 bits per heavy atom. The van der Waals surface area contributed by atoms with Crippen molar-refractivity contribution in [1.29, 1.82) is 0 Å². The van der Waals surface area contributed by atoms with E-state index in [0.717, 1.165) is 36.6 Å². The summed E-state index contributed by atoms with van der Waals surface area (Å²) >= 11 is 5.99. The molecule has 1 spiro atoms. The molecular formula is C24H29ClN4O2. The van der Waals surface area contributed by atoms with E-state index in [2.05, 4.69) is 22.1 Å². The summed E-state index contributed by atoms with van der Waals surface area (Å²) in [4.78, 5) is 35.1. The summed E-state index contributed by atoms with van der Waals surface area (Å²) in [6.45, 7) is 5.03. The van der Waals surface area contributed by atoms with Crippen LogP contribution in [0, 0.1) is 0 Å². The Hall–Kier alpha value is -2.44. The number of nitrogens with zero attached hydrogens (tertiary/aromatic N) is 3. The Balaban J connectivity index is 1.46. The highest BCUT2D eigenvalue weighted by atomic mass is 35.5. The molecule has 0 bridgehead atoms. The summed E-state index contributed by atoms with van der Waals surface area (Å²) < 4.78 is 0. The number of carbonyl (C=O) groups is 2. The number of hydrogen-bond acceptors (Lipinski definition) is 4. The van der Waals surface area contributed by atoms with Gasteiger partial charge in [0, 0.05) is 50.0 Å². The van der Waals surface area contributed by atoms with E-state index in [9.17, 15) is 9.59 Å². The van der Waals surface area contributed by atoms with Gasteiger partial charge in [-0.2, -0.15) is 0 Å². The summed E-state index contributed by atoms with van der Waals surface area (Å²) in [7, 11) is 0. The van der Waals surface area contributed by atoms with E-state index in [-0.39, 0.29) is 11.8 Å². The van der Waals surface area contributed by atoms with Gasteiger partial charge in [-0.25, -0.2) is 0 Å². The Bertz CT molecular complexity index is 911. The molecule has 1 atom stereocenters. The van der Waals surface area contributed by atoms with E-state index in [1.54, 1.807) is 12.4 Å². The summed E-state index contributed by atoms with van der Waals surface area (Å²) in [6.07, 6.45) is 6.06. The third kappa shape index (κ3) is 4.60. The smallest absolute Gasteiger partial charge is 0.246 e. The van der Waals surface area contributed by atoms with Crippen LogP contribution in [0.1, 0.15) is 37.3 Å². The fourth-order valence-corrected chi connectivity index (χ4v) is 4.87. The topological polar surface area (TPSA) is 65.5 Å². The van der Waals surface area contributed by atoms with Gasteiger partial charge >= 0.3 is 0 Å². The number of benzene rings is 1.